The number of hydrogen-bond donors (Lipinski definition) is 1. The van der Waals surface area contributed by atoms with Gasteiger partial charge in [0.25, 0.3) is 5.82 Å². The van der Waals surface area contributed by atoms with Crippen molar-refractivity contribution < 1.29 is 4.57 Å². The van der Waals surface area contributed by atoms with Crippen LogP contribution in [0.3, 0.4) is 0 Å². The molecule has 1 N–H and O–H groups in total. The molecule has 0 spiro atoms. The van der Waals surface area contributed by atoms with Gasteiger partial charge in [-0.2, -0.15) is 0 Å². The molecule has 28 heavy (non-hydrogen) atoms. The molecule has 0 saturated carbocycles. The van der Waals surface area contributed by atoms with Crippen LogP contribution in [-0.2, 0) is 0 Å². The second-order valence-corrected chi connectivity index (χ2v) is 9.15. The number of aromatic amines is 1. The number of hydrogen-bond acceptors (Lipinski definition) is 0. The third kappa shape index (κ3) is 11.3. The molecule has 0 saturated heterocycles. The summed E-state index contributed by atoms with van der Waals surface area (Å²) in [5.74, 6) is 2.02. The van der Waals surface area contributed by atoms with Gasteiger partial charge in [-0.1, -0.05) is 111 Å². The summed E-state index contributed by atoms with van der Waals surface area (Å²) in [4.78, 5) is 3.45. The molecular formula is C26H51N2+. The first-order valence-electron chi connectivity index (χ1n) is 12.8. The van der Waals surface area contributed by atoms with Gasteiger partial charge in [-0.05, 0) is 26.2 Å². The molecule has 1 rings (SSSR count). The summed E-state index contributed by atoms with van der Waals surface area (Å²) < 4.78 is 2.47. The van der Waals surface area contributed by atoms with E-state index in [2.05, 4.69) is 49.6 Å². The minimum absolute atomic E-state index is 0.622. The molecule has 0 amide bonds. The highest BCUT2D eigenvalue weighted by atomic mass is 15.1. The lowest BCUT2D eigenvalue weighted by Gasteiger charge is -2.12. The molecule has 1 aromatic rings. The molecule has 2 nitrogen and oxygen atoms in total. The lowest BCUT2D eigenvalue weighted by atomic mass is 10.0. The highest BCUT2D eigenvalue weighted by molar-refractivity contribution is 4.86. The van der Waals surface area contributed by atoms with Gasteiger partial charge in [0.15, 0.2) is 0 Å². The van der Waals surface area contributed by atoms with Crippen molar-refractivity contribution in [2.24, 2.45) is 0 Å². The molecule has 164 valence electrons. The predicted molar refractivity (Wildman–Crippen MR) is 124 cm³/mol. The van der Waals surface area contributed by atoms with E-state index in [1.807, 2.05) is 0 Å². The van der Waals surface area contributed by atoms with Gasteiger partial charge in [0.2, 0.25) is 0 Å². The van der Waals surface area contributed by atoms with E-state index in [4.69, 9.17) is 0 Å². The van der Waals surface area contributed by atoms with Gasteiger partial charge in [0.1, 0.15) is 12.4 Å². The van der Waals surface area contributed by atoms with Gasteiger partial charge in [0.05, 0.1) is 12.0 Å². The molecule has 0 fully saturated rings. The predicted octanol–water partition coefficient (Wildman–Crippen LogP) is 8.64. The van der Waals surface area contributed by atoms with Crippen LogP contribution in [0.4, 0.5) is 0 Å². The van der Waals surface area contributed by atoms with Crippen molar-refractivity contribution in [1.82, 2.24) is 4.98 Å². The van der Waals surface area contributed by atoms with E-state index in [1.54, 1.807) is 0 Å². The van der Waals surface area contributed by atoms with Crippen LogP contribution in [-0.4, -0.2) is 4.98 Å². The first-order chi connectivity index (χ1) is 13.7. The number of nitrogens with zero attached hydrogens (tertiary/aromatic N) is 1. The molecule has 0 bridgehead atoms. The SMILES string of the molecule is CCCCCCCCCCCCCCCCCC(C)[n+]1cc[nH]c1C(C)CC. The van der Waals surface area contributed by atoms with Crippen molar-refractivity contribution in [2.75, 3.05) is 0 Å². The zero-order valence-electron chi connectivity index (χ0n) is 19.8. The van der Waals surface area contributed by atoms with Crippen molar-refractivity contribution in [3.8, 4) is 0 Å². The third-order valence-corrected chi connectivity index (χ3v) is 6.52. The number of rotatable bonds is 19. The van der Waals surface area contributed by atoms with Gasteiger partial charge in [-0.15, -0.1) is 0 Å². The van der Waals surface area contributed by atoms with Crippen molar-refractivity contribution >= 4 is 0 Å². The van der Waals surface area contributed by atoms with Crippen LogP contribution >= 0.6 is 0 Å². The Kier molecular flexibility index (Phi) is 15.4. The van der Waals surface area contributed by atoms with E-state index in [9.17, 15) is 0 Å². The molecule has 2 atom stereocenters. The van der Waals surface area contributed by atoms with Crippen LogP contribution in [0.1, 0.15) is 155 Å². The van der Waals surface area contributed by atoms with Crippen molar-refractivity contribution in [2.45, 2.75) is 149 Å². The molecule has 1 aromatic heterocycles. The van der Waals surface area contributed by atoms with Crippen molar-refractivity contribution in [1.29, 1.82) is 0 Å². The smallest absolute Gasteiger partial charge is 0.247 e. The molecule has 1 heterocycles. The lowest BCUT2D eigenvalue weighted by Crippen LogP contribution is -2.40. The molecule has 0 aliphatic carbocycles. The van der Waals surface area contributed by atoms with E-state index < -0.39 is 0 Å². The molecule has 2 heteroatoms. The first kappa shape index (κ1) is 25.2. The fourth-order valence-electron chi connectivity index (χ4n) is 4.28. The van der Waals surface area contributed by atoms with Crippen molar-refractivity contribution in [3.63, 3.8) is 0 Å². The van der Waals surface area contributed by atoms with Crippen molar-refractivity contribution in [3.05, 3.63) is 18.2 Å². The Morgan fingerprint density at radius 2 is 1.18 bits per heavy atom. The maximum Gasteiger partial charge on any atom is 0.257 e. The highest BCUT2D eigenvalue weighted by Crippen LogP contribution is 2.18. The maximum atomic E-state index is 3.45. The quantitative estimate of drug-likeness (QED) is 0.180. The molecule has 0 aromatic carbocycles. The Balaban J connectivity index is 1.91. The summed E-state index contributed by atoms with van der Waals surface area (Å²) in [7, 11) is 0. The Hall–Kier alpha value is -0.790. The second kappa shape index (κ2) is 17.1. The van der Waals surface area contributed by atoms with E-state index >= 15 is 0 Å². The maximum absolute atomic E-state index is 3.45. The summed E-state index contributed by atoms with van der Waals surface area (Å²) >= 11 is 0. The second-order valence-electron chi connectivity index (χ2n) is 9.15. The fourth-order valence-corrected chi connectivity index (χ4v) is 4.28. The van der Waals surface area contributed by atoms with E-state index in [1.165, 1.54) is 115 Å². The monoisotopic (exact) mass is 391 g/mol. The number of aromatic nitrogens is 2. The Morgan fingerprint density at radius 3 is 1.64 bits per heavy atom. The number of nitrogens with one attached hydrogen (secondary N) is 1. The molecule has 0 aliphatic rings. The van der Waals surface area contributed by atoms with Crippen LogP contribution in [0.15, 0.2) is 12.4 Å². The van der Waals surface area contributed by atoms with E-state index in [0.717, 1.165) is 0 Å². The molecule has 0 radical (unpaired) electrons. The summed E-state index contributed by atoms with van der Waals surface area (Å²) in [5.41, 5.74) is 0. The Morgan fingerprint density at radius 1 is 0.714 bits per heavy atom. The molecule has 0 aliphatic heterocycles. The van der Waals surface area contributed by atoms with Gasteiger partial charge in [-0.3, -0.25) is 0 Å². The average Bonchev–Trinajstić information content (AvgIpc) is 3.20. The molecular weight excluding hydrogens is 340 g/mol. The van der Waals surface area contributed by atoms with E-state index in [-0.39, 0.29) is 0 Å². The number of H-pyrrole nitrogens is 1. The summed E-state index contributed by atoms with van der Waals surface area (Å²) in [6, 6.07) is 0.622. The van der Waals surface area contributed by atoms with Crippen LogP contribution in [0.2, 0.25) is 0 Å². The Labute approximate surface area is 176 Å². The van der Waals surface area contributed by atoms with E-state index in [0.29, 0.717) is 12.0 Å². The van der Waals surface area contributed by atoms with Crippen LogP contribution in [0, 0.1) is 0 Å². The van der Waals surface area contributed by atoms with Gasteiger partial charge >= 0.3 is 0 Å². The van der Waals surface area contributed by atoms with Gasteiger partial charge in [0, 0.05) is 0 Å². The first-order valence-corrected chi connectivity index (χ1v) is 12.8. The zero-order chi connectivity index (χ0) is 20.5. The van der Waals surface area contributed by atoms with Crippen LogP contribution in [0.25, 0.3) is 0 Å². The largest absolute Gasteiger partial charge is 0.257 e. The van der Waals surface area contributed by atoms with Crippen LogP contribution in [0.5, 0.6) is 0 Å². The zero-order valence-corrected chi connectivity index (χ0v) is 19.8. The summed E-state index contributed by atoms with van der Waals surface area (Å²) in [6.07, 6.45) is 28.5. The van der Waals surface area contributed by atoms with Gasteiger partial charge < -0.3 is 0 Å². The summed E-state index contributed by atoms with van der Waals surface area (Å²) in [6.45, 7) is 9.27. The topological polar surface area (TPSA) is 19.7 Å². The Bertz CT molecular complexity index is 451. The lowest BCUT2D eigenvalue weighted by molar-refractivity contribution is -0.727. The van der Waals surface area contributed by atoms with Gasteiger partial charge in [-0.25, -0.2) is 9.55 Å². The summed E-state index contributed by atoms with van der Waals surface area (Å²) in [5, 5.41) is 0. The number of unbranched alkanes of at least 4 members (excludes halogenated alkanes) is 14. The minimum Gasteiger partial charge on any atom is -0.247 e. The number of imidazole rings is 1. The standard InChI is InChI=1S/C26H50N2/c1-5-7-8-9-10-11-12-13-14-15-16-17-18-19-20-21-25(4)28-23-22-27-26(28)24(3)6-2/h22-25H,5-21H2,1-4H3/p+1. The third-order valence-electron chi connectivity index (χ3n) is 6.52. The normalized spacial score (nSPS) is 13.7. The molecule has 2 unspecified atom stereocenters. The van der Waals surface area contributed by atoms with Crippen LogP contribution < -0.4 is 4.57 Å². The average molecular weight is 392 g/mol. The fraction of sp³-hybridized carbons (Fsp3) is 0.885. The highest BCUT2D eigenvalue weighted by Gasteiger charge is 2.20. The minimum atomic E-state index is 0.622.